The van der Waals surface area contributed by atoms with Crippen LogP contribution in [-0.2, 0) is 16.8 Å². The molecule has 16 nitrogen and oxygen atoms in total. The minimum atomic E-state index is -0.159. The van der Waals surface area contributed by atoms with E-state index >= 15 is 0 Å². The summed E-state index contributed by atoms with van der Waals surface area (Å²) >= 11 is 0. The normalized spacial score (nSPS) is 14.7. The zero-order valence-electron chi connectivity index (χ0n) is 41.4. The predicted octanol–water partition coefficient (Wildman–Crippen LogP) is 15.9. The van der Waals surface area contributed by atoms with Gasteiger partial charge in [-0.2, -0.15) is 20.5 Å². The molecule has 0 unspecified atom stereocenters. The topological polar surface area (TPSA) is 205 Å². The van der Waals surface area contributed by atoms with E-state index in [2.05, 4.69) is 118 Å². The van der Waals surface area contributed by atoms with Gasteiger partial charge >= 0.3 is 0 Å². The van der Waals surface area contributed by atoms with Crippen LogP contribution in [0.1, 0.15) is 66.5 Å². The van der Waals surface area contributed by atoms with Crippen molar-refractivity contribution in [3.05, 3.63) is 132 Å². The monoisotopic (exact) mass is 1000 g/mol. The summed E-state index contributed by atoms with van der Waals surface area (Å²) in [6.07, 6.45) is 4.42. The van der Waals surface area contributed by atoms with Gasteiger partial charge in [-0.3, -0.25) is 0 Å². The maximum Gasteiger partial charge on any atom is 0.145 e. The first-order valence-corrected chi connectivity index (χ1v) is 22.7. The Kier molecular flexibility index (Phi) is 16.4. The number of hydrogen-bond acceptors (Lipinski definition) is 16. The molecule has 6 aromatic rings. The molecule has 17 heteroatoms. The third kappa shape index (κ3) is 12.1. The second-order valence-electron chi connectivity index (χ2n) is 17.7. The molecule has 369 valence electrons. The number of hydrogen-bond donors (Lipinski definition) is 4. The fourth-order valence-electron chi connectivity index (χ4n) is 8.57. The van der Waals surface area contributed by atoms with Crippen molar-refractivity contribution >= 4 is 68.0 Å². The van der Waals surface area contributed by atoms with E-state index < -0.39 is 0 Å². The number of methoxy groups -OCH3 is 2. The van der Waals surface area contributed by atoms with E-state index in [4.69, 9.17) is 9.47 Å². The average Bonchev–Trinajstić information content (AvgIpc) is 3.33. The first kappa shape index (κ1) is 52.5. The Bertz CT molecular complexity index is 2870. The van der Waals surface area contributed by atoms with E-state index in [-0.39, 0.29) is 62.2 Å². The molecule has 2 aliphatic heterocycles. The molecule has 1 radical (unpaired) electrons. The number of benzene rings is 6. The van der Waals surface area contributed by atoms with Gasteiger partial charge in [0.15, 0.2) is 0 Å². The Morgan fingerprint density at radius 2 is 0.732 bits per heavy atom. The van der Waals surface area contributed by atoms with Crippen LogP contribution >= 0.6 is 0 Å². The molecule has 8 rings (SSSR count). The minimum Gasteiger partial charge on any atom is -0.506 e. The number of ether oxygens (including phenoxy) is 2. The molecule has 0 aromatic heterocycles. The van der Waals surface area contributed by atoms with Crippen LogP contribution < -0.4 is 19.3 Å². The maximum atomic E-state index is 10.7. The van der Waals surface area contributed by atoms with Crippen molar-refractivity contribution in [2.24, 2.45) is 40.9 Å². The molecule has 0 bridgehead atoms. The van der Waals surface area contributed by atoms with Gasteiger partial charge in [-0.05, 0) is 164 Å². The number of anilines is 2. The van der Waals surface area contributed by atoms with Gasteiger partial charge in [0.1, 0.15) is 57.2 Å². The first-order valence-electron chi connectivity index (χ1n) is 22.7. The molecule has 4 N–H and O–H groups in total. The Balaban J connectivity index is 0.000000229. The summed E-state index contributed by atoms with van der Waals surface area (Å²) in [4.78, 5) is 4.47. The van der Waals surface area contributed by atoms with Crippen LogP contribution in [0.5, 0.6) is 34.5 Å². The Hall–Kier alpha value is -7.89. The van der Waals surface area contributed by atoms with Crippen molar-refractivity contribution in [3.8, 4) is 34.5 Å². The number of phenols is 4. The summed E-state index contributed by atoms with van der Waals surface area (Å²) in [6.45, 7) is 18.5. The third-order valence-electron chi connectivity index (χ3n) is 11.9. The van der Waals surface area contributed by atoms with Crippen molar-refractivity contribution in [2.45, 2.75) is 66.5 Å². The van der Waals surface area contributed by atoms with Crippen LogP contribution in [0, 0.1) is 0 Å². The maximum absolute atomic E-state index is 10.7. The van der Waals surface area contributed by atoms with E-state index in [1.807, 2.05) is 12.1 Å². The number of rotatable bonds is 12. The molecule has 0 saturated carbocycles. The van der Waals surface area contributed by atoms with E-state index in [1.165, 1.54) is 12.1 Å². The average molecular weight is 1000 g/mol. The van der Waals surface area contributed by atoms with E-state index in [0.717, 1.165) is 58.2 Å². The second kappa shape index (κ2) is 22.2. The van der Waals surface area contributed by atoms with Gasteiger partial charge < -0.3 is 39.7 Å². The van der Waals surface area contributed by atoms with Gasteiger partial charge in [0.2, 0.25) is 0 Å². The summed E-state index contributed by atoms with van der Waals surface area (Å²) in [5.41, 5.74) is 9.18. The molecular formula is C54H58CoN10O6. The molecule has 0 saturated heterocycles. The molecule has 71 heavy (non-hydrogen) atoms. The number of azo groups is 4. The molecule has 0 spiro atoms. The SMILES string of the molecule is CCN1c2cc(O)c(N=Nc3cc(N=Nc4ccc(OC)cc4)ccc3O)cc2C(C)=CC1(C)C.CCN1c2cc(O)c(N=Nc3cc(N=Nc4ccc(OC)cc4)ccc3O)cc2C(C)=CC1(C)C.[Co]. The van der Waals surface area contributed by atoms with Gasteiger partial charge in [-0.1, -0.05) is 12.2 Å². The van der Waals surface area contributed by atoms with Crippen LogP contribution in [-0.4, -0.2) is 58.8 Å². The summed E-state index contributed by atoms with van der Waals surface area (Å²) < 4.78 is 10.3. The Morgan fingerprint density at radius 1 is 0.423 bits per heavy atom. The van der Waals surface area contributed by atoms with Crippen molar-refractivity contribution in [1.29, 1.82) is 0 Å². The number of fused-ring (bicyclic) bond motifs is 2. The van der Waals surface area contributed by atoms with Crippen LogP contribution in [0.2, 0.25) is 0 Å². The molecule has 2 aliphatic rings. The van der Waals surface area contributed by atoms with Crippen molar-refractivity contribution in [3.63, 3.8) is 0 Å². The third-order valence-corrected chi connectivity index (χ3v) is 11.9. The van der Waals surface area contributed by atoms with Crippen molar-refractivity contribution in [2.75, 3.05) is 37.1 Å². The predicted molar refractivity (Wildman–Crippen MR) is 277 cm³/mol. The number of nitrogens with zero attached hydrogens (tertiary/aromatic N) is 10. The smallest absolute Gasteiger partial charge is 0.145 e. The van der Waals surface area contributed by atoms with Gasteiger partial charge in [0.25, 0.3) is 0 Å². The summed E-state index contributed by atoms with van der Waals surface area (Å²) in [5.74, 6) is 1.41. The van der Waals surface area contributed by atoms with Gasteiger partial charge in [0, 0.05) is 64.5 Å². The Morgan fingerprint density at radius 3 is 1.06 bits per heavy atom. The standard InChI is InChI=1S/2C27H29N5O3.Co/c2*1-6-32-24-15-26(34)23(14-21(24)17(2)16-27(32,3)4)31-30-22-13-19(9-12-25(22)33)29-28-18-7-10-20(35-5)11-8-18;/h2*7-16,33-34H,6H2,1-5H3;. The second-order valence-corrected chi connectivity index (χ2v) is 17.7. The van der Waals surface area contributed by atoms with Crippen LogP contribution in [0.25, 0.3) is 11.1 Å². The van der Waals surface area contributed by atoms with Crippen molar-refractivity contribution in [1.82, 2.24) is 0 Å². The zero-order valence-corrected chi connectivity index (χ0v) is 42.4. The molecule has 0 aliphatic carbocycles. The van der Waals surface area contributed by atoms with E-state index in [0.29, 0.717) is 34.1 Å². The van der Waals surface area contributed by atoms with Gasteiger partial charge in [0.05, 0.1) is 48.0 Å². The van der Waals surface area contributed by atoms with Crippen LogP contribution in [0.3, 0.4) is 0 Å². The molecule has 6 aromatic carbocycles. The largest absolute Gasteiger partial charge is 0.506 e. The molecule has 2 heterocycles. The summed E-state index contributed by atoms with van der Waals surface area (Å²) in [7, 11) is 3.21. The number of aromatic hydroxyl groups is 4. The fraction of sp³-hybridized carbons (Fsp3) is 0.259. The minimum absolute atomic E-state index is 0. The van der Waals surface area contributed by atoms with E-state index in [9.17, 15) is 20.4 Å². The summed E-state index contributed by atoms with van der Waals surface area (Å²) in [6, 6.07) is 30.8. The first-order chi connectivity index (χ1) is 33.4. The number of phenolic OH excluding ortho intramolecular Hbond substituents is 4. The van der Waals surface area contributed by atoms with Crippen LogP contribution in [0.15, 0.2) is 162 Å². The van der Waals surface area contributed by atoms with Gasteiger partial charge in [-0.15, -0.1) is 20.5 Å². The fourth-order valence-corrected chi connectivity index (χ4v) is 8.57. The van der Waals surface area contributed by atoms with Gasteiger partial charge in [-0.25, -0.2) is 0 Å². The Labute approximate surface area is 424 Å². The number of allylic oxidation sites excluding steroid dienone is 2. The molecular weight excluding hydrogens is 944 g/mol. The van der Waals surface area contributed by atoms with E-state index in [1.54, 1.807) is 99.1 Å². The molecule has 0 fully saturated rings. The number of likely N-dealkylation sites (N-methyl/N-ethyl adjacent to an activating group) is 2. The molecule has 0 atom stereocenters. The molecule has 0 amide bonds. The van der Waals surface area contributed by atoms with Crippen LogP contribution in [0.4, 0.5) is 56.9 Å². The summed E-state index contributed by atoms with van der Waals surface area (Å²) in [5, 5.41) is 75.5. The zero-order chi connectivity index (χ0) is 50.3. The van der Waals surface area contributed by atoms with Crippen molar-refractivity contribution < 1.29 is 46.7 Å². The quantitative estimate of drug-likeness (QED) is 0.0866.